The third-order valence-electron chi connectivity index (χ3n) is 2.54. The molecule has 0 aliphatic rings. The fourth-order valence-corrected chi connectivity index (χ4v) is 1.66. The van der Waals surface area contributed by atoms with Crippen LogP contribution in [0.25, 0.3) is 0 Å². The zero-order chi connectivity index (χ0) is 12.8. The fourth-order valence-electron chi connectivity index (χ4n) is 1.66. The first-order valence-electron chi connectivity index (χ1n) is 5.86. The SMILES string of the molecule is COCCN(Cc1ccc(C)o1)c1ncccn1. The van der Waals surface area contributed by atoms with E-state index >= 15 is 0 Å². The minimum Gasteiger partial charge on any atom is -0.464 e. The normalized spacial score (nSPS) is 10.6. The summed E-state index contributed by atoms with van der Waals surface area (Å²) in [5.74, 6) is 2.49. The van der Waals surface area contributed by atoms with E-state index in [0.29, 0.717) is 19.1 Å². The second-order valence-corrected chi connectivity index (χ2v) is 3.98. The lowest BCUT2D eigenvalue weighted by Crippen LogP contribution is -2.28. The summed E-state index contributed by atoms with van der Waals surface area (Å²) in [5.41, 5.74) is 0. The van der Waals surface area contributed by atoms with Gasteiger partial charge in [-0.2, -0.15) is 0 Å². The minimum atomic E-state index is 0.623. The Labute approximate surface area is 106 Å². The van der Waals surface area contributed by atoms with Crippen molar-refractivity contribution in [1.29, 1.82) is 0 Å². The van der Waals surface area contributed by atoms with Gasteiger partial charge in [-0.25, -0.2) is 9.97 Å². The van der Waals surface area contributed by atoms with Gasteiger partial charge in [-0.15, -0.1) is 0 Å². The number of aromatic nitrogens is 2. The minimum absolute atomic E-state index is 0.623. The standard InChI is InChI=1S/C13H17N3O2/c1-11-4-5-12(18-11)10-16(8-9-17-2)13-14-6-3-7-15-13/h3-7H,8-10H2,1-2H3. The van der Waals surface area contributed by atoms with E-state index in [1.54, 1.807) is 25.6 Å². The molecule has 5 nitrogen and oxygen atoms in total. The van der Waals surface area contributed by atoms with Crippen LogP contribution in [-0.4, -0.2) is 30.2 Å². The van der Waals surface area contributed by atoms with Crippen LogP contribution in [0.2, 0.25) is 0 Å². The van der Waals surface area contributed by atoms with Crippen molar-refractivity contribution in [2.24, 2.45) is 0 Å². The van der Waals surface area contributed by atoms with Crippen LogP contribution in [0.3, 0.4) is 0 Å². The summed E-state index contributed by atoms with van der Waals surface area (Å²) >= 11 is 0. The number of methoxy groups -OCH3 is 1. The van der Waals surface area contributed by atoms with Gasteiger partial charge in [0.2, 0.25) is 5.95 Å². The zero-order valence-electron chi connectivity index (χ0n) is 10.7. The van der Waals surface area contributed by atoms with Crippen molar-refractivity contribution in [1.82, 2.24) is 9.97 Å². The molecule has 0 amide bonds. The van der Waals surface area contributed by atoms with E-state index in [1.807, 2.05) is 24.0 Å². The van der Waals surface area contributed by atoms with Crippen LogP contribution in [0.4, 0.5) is 5.95 Å². The number of rotatable bonds is 6. The summed E-state index contributed by atoms with van der Waals surface area (Å²) < 4.78 is 10.7. The largest absolute Gasteiger partial charge is 0.464 e. The molecule has 0 radical (unpaired) electrons. The van der Waals surface area contributed by atoms with Crippen molar-refractivity contribution in [2.45, 2.75) is 13.5 Å². The first-order valence-corrected chi connectivity index (χ1v) is 5.86. The Morgan fingerprint density at radius 2 is 2.06 bits per heavy atom. The van der Waals surface area contributed by atoms with Crippen LogP contribution in [0.15, 0.2) is 35.0 Å². The molecule has 0 saturated heterocycles. The van der Waals surface area contributed by atoms with Crippen LogP contribution < -0.4 is 4.90 Å². The van der Waals surface area contributed by atoms with Gasteiger partial charge in [0, 0.05) is 26.0 Å². The smallest absolute Gasteiger partial charge is 0.225 e. The third-order valence-corrected chi connectivity index (χ3v) is 2.54. The first kappa shape index (κ1) is 12.6. The predicted molar refractivity (Wildman–Crippen MR) is 68.4 cm³/mol. The summed E-state index contributed by atoms with van der Waals surface area (Å²) in [7, 11) is 1.68. The maximum Gasteiger partial charge on any atom is 0.225 e. The molecular formula is C13H17N3O2. The van der Waals surface area contributed by atoms with E-state index in [0.717, 1.165) is 18.1 Å². The van der Waals surface area contributed by atoms with Gasteiger partial charge in [0.25, 0.3) is 0 Å². The van der Waals surface area contributed by atoms with Crippen LogP contribution in [-0.2, 0) is 11.3 Å². The Kier molecular flexibility index (Phi) is 4.30. The molecule has 0 spiro atoms. The molecule has 18 heavy (non-hydrogen) atoms. The molecule has 0 fully saturated rings. The Balaban J connectivity index is 2.10. The third kappa shape index (κ3) is 3.30. The number of furan rings is 1. The molecular weight excluding hydrogens is 230 g/mol. The van der Waals surface area contributed by atoms with Crippen molar-refractivity contribution in [3.63, 3.8) is 0 Å². The molecule has 0 aromatic carbocycles. The van der Waals surface area contributed by atoms with Gasteiger partial charge >= 0.3 is 0 Å². The van der Waals surface area contributed by atoms with Gasteiger partial charge in [0.1, 0.15) is 11.5 Å². The highest BCUT2D eigenvalue weighted by Crippen LogP contribution is 2.13. The van der Waals surface area contributed by atoms with Gasteiger partial charge < -0.3 is 14.1 Å². The molecule has 0 atom stereocenters. The molecule has 0 saturated carbocycles. The summed E-state index contributed by atoms with van der Waals surface area (Å²) in [6, 6.07) is 5.73. The van der Waals surface area contributed by atoms with Crippen molar-refractivity contribution in [2.75, 3.05) is 25.2 Å². The van der Waals surface area contributed by atoms with Crippen molar-refractivity contribution in [3.8, 4) is 0 Å². The van der Waals surface area contributed by atoms with Crippen LogP contribution >= 0.6 is 0 Å². The van der Waals surface area contributed by atoms with Gasteiger partial charge in [-0.05, 0) is 25.1 Å². The number of anilines is 1. The topological polar surface area (TPSA) is 51.4 Å². The lowest BCUT2D eigenvalue weighted by atomic mass is 10.4. The van der Waals surface area contributed by atoms with E-state index in [4.69, 9.17) is 9.15 Å². The number of hydrogen-bond acceptors (Lipinski definition) is 5. The first-order chi connectivity index (χ1) is 8.79. The van der Waals surface area contributed by atoms with E-state index in [2.05, 4.69) is 9.97 Å². The molecule has 2 aromatic heterocycles. The van der Waals surface area contributed by atoms with Crippen LogP contribution in [0.5, 0.6) is 0 Å². The molecule has 2 aromatic rings. The molecule has 0 aliphatic carbocycles. The number of hydrogen-bond donors (Lipinski definition) is 0. The fraction of sp³-hybridized carbons (Fsp3) is 0.385. The predicted octanol–water partition coefficient (Wildman–Crippen LogP) is 2.03. The lowest BCUT2D eigenvalue weighted by Gasteiger charge is -2.20. The Morgan fingerprint density at radius 3 is 2.67 bits per heavy atom. The van der Waals surface area contributed by atoms with E-state index in [1.165, 1.54) is 0 Å². The average Bonchev–Trinajstić information content (AvgIpc) is 2.81. The second kappa shape index (κ2) is 6.16. The lowest BCUT2D eigenvalue weighted by molar-refractivity contribution is 0.204. The van der Waals surface area contributed by atoms with Crippen LogP contribution in [0.1, 0.15) is 11.5 Å². The molecule has 0 bridgehead atoms. The number of nitrogens with zero attached hydrogens (tertiary/aromatic N) is 3. The summed E-state index contributed by atoms with van der Waals surface area (Å²) in [5, 5.41) is 0. The van der Waals surface area contributed by atoms with Gasteiger partial charge in [-0.3, -0.25) is 0 Å². The summed E-state index contributed by atoms with van der Waals surface area (Å²) in [6.07, 6.45) is 3.46. The van der Waals surface area contributed by atoms with Crippen molar-refractivity contribution >= 4 is 5.95 Å². The highest BCUT2D eigenvalue weighted by atomic mass is 16.5. The Hall–Kier alpha value is -1.88. The maximum absolute atomic E-state index is 5.58. The zero-order valence-corrected chi connectivity index (χ0v) is 10.7. The summed E-state index contributed by atoms with van der Waals surface area (Å²) in [4.78, 5) is 10.5. The average molecular weight is 247 g/mol. The molecule has 0 N–H and O–H groups in total. The van der Waals surface area contributed by atoms with Crippen LogP contribution in [0, 0.1) is 6.92 Å². The van der Waals surface area contributed by atoms with E-state index in [9.17, 15) is 0 Å². The van der Waals surface area contributed by atoms with Crippen molar-refractivity contribution in [3.05, 3.63) is 42.1 Å². The van der Waals surface area contributed by atoms with Gasteiger partial charge in [0.05, 0.1) is 13.2 Å². The maximum atomic E-state index is 5.58. The quantitative estimate of drug-likeness (QED) is 0.781. The Bertz CT molecular complexity index is 470. The van der Waals surface area contributed by atoms with E-state index < -0.39 is 0 Å². The number of aryl methyl sites for hydroxylation is 1. The monoisotopic (exact) mass is 247 g/mol. The molecule has 2 heterocycles. The highest BCUT2D eigenvalue weighted by molar-refractivity contribution is 5.29. The van der Waals surface area contributed by atoms with Crippen molar-refractivity contribution < 1.29 is 9.15 Å². The molecule has 5 heteroatoms. The summed E-state index contributed by atoms with van der Waals surface area (Å²) in [6.45, 7) is 3.92. The molecule has 2 rings (SSSR count). The molecule has 0 aliphatic heterocycles. The van der Waals surface area contributed by atoms with E-state index in [-0.39, 0.29) is 0 Å². The highest BCUT2D eigenvalue weighted by Gasteiger charge is 2.11. The van der Waals surface area contributed by atoms with Gasteiger partial charge in [-0.1, -0.05) is 0 Å². The second-order valence-electron chi connectivity index (χ2n) is 3.98. The molecule has 0 unspecified atom stereocenters. The number of ether oxygens (including phenoxy) is 1. The molecule has 96 valence electrons. The van der Waals surface area contributed by atoms with Gasteiger partial charge in [0.15, 0.2) is 0 Å². The Morgan fingerprint density at radius 1 is 1.28 bits per heavy atom.